The van der Waals surface area contributed by atoms with Crippen LogP contribution < -0.4 is 25.6 Å². The summed E-state index contributed by atoms with van der Waals surface area (Å²) in [7, 11) is 2.72. The van der Waals surface area contributed by atoms with Gasteiger partial charge in [-0.3, -0.25) is 25.2 Å². The van der Waals surface area contributed by atoms with Crippen LogP contribution in [0.4, 0.5) is 5.69 Å². The number of rotatable bonds is 12. The van der Waals surface area contributed by atoms with Gasteiger partial charge in [-0.1, -0.05) is 29.8 Å². The standard InChI is InChI=1S/C35H31N3O11/c1-20-7-4-8-22(17-20)30(39)36-25-15-13-21(14-16-25)31(40)37-38-32(41)28(48-34(44)23-9-5-11-26(18-23)46-2)29(33(42)43)49-35(45)24-10-6-12-27(19-24)47-3/h4-19,28-29H,1-3H3,(H,36,39)(H,37,40)(H,38,41)(H,42,43)/t28-,29+/m1/s1. The number of esters is 2. The maximum absolute atomic E-state index is 13.3. The molecule has 0 heterocycles. The van der Waals surface area contributed by atoms with Crippen LogP contribution in [0.3, 0.4) is 0 Å². The highest BCUT2D eigenvalue weighted by Gasteiger charge is 2.41. The van der Waals surface area contributed by atoms with Gasteiger partial charge in [0, 0.05) is 16.8 Å². The van der Waals surface area contributed by atoms with Crippen LogP contribution in [0.15, 0.2) is 97.1 Å². The van der Waals surface area contributed by atoms with E-state index in [0.29, 0.717) is 11.3 Å². The van der Waals surface area contributed by atoms with Crippen molar-refractivity contribution >= 4 is 41.3 Å². The Kier molecular flexibility index (Phi) is 11.6. The number of anilines is 1. The van der Waals surface area contributed by atoms with Gasteiger partial charge >= 0.3 is 17.9 Å². The van der Waals surface area contributed by atoms with E-state index in [1.807, 2.05) is 18.4 Å². The van der Waals surface area contributed by atoms with Gasteiger partial charge < -0.3 is 29.4 Å². The number of carbonyl (C=O) groups is 6. The average Bonchev–Trinajstić information content (AvgIpc) is 3.11. The highest BCUT2D eigenvalue weighted by molar-refractivity contribution is 6.05. The number of aryl methyl sites for hydroxylation is 1. The number of hydrazine groups is 1. The van der Waals surface area contributed by atoms with E-state index in [1.54, 1.807) is 18.2 Å². The van der Waals surface area contributed by atoms with E-state index >= 15 is 0 Å². The van der Waals surface area contributed by atoms with Crippen molar-refractivity contribution in [1.29, 1.82) is 0 Å². The van der Waals surface area contributed by atoms with Crippen LogP contribution in [0.5, 0.6) is 11.5 Å². The molecule has 4 aromatic rings. The Morgan fingerprint density at radius 1 is 0.592 bits per heavy atom. The maximum atomic E-state index is 13.3. The number of hydrogen-bond donors (Lipinski definition) is 4. The summed E-state index contributed by atoms with van der Waals surface area (Å²) in [5.74, 6) is -6.16. The molecule has 2 atom stereocenters. The lowest BCUT2D eigenvalue weighted by Crippen LogP contribution is -2.54. The average molecular weight is 670 g/mol. The maximum Gasteiger partial charge on any atom is 0.349 e. The third-order valence-electron chi connectivity index (χ3n) is 6.84. The number of nitrogens with one attached hydrogen (secondary N) is 3. The normalized spacial score (nSPS) is 11.6. The molecule has 0 spiro atoms. The minimum atomic E-state index is -2.36. The van der Waals surface area contributed by atoms with Gasteiger partial charge in [0.25, 0.3) is 17.7 Å². The zero-order valence-corrected chi connectivity index (χ0v) is 26.4. The second kappa shape index (κ2) is 16.2. The molecule has 3 amide bonds. The number of amides is 3. The van der Waals surface area contributed by atoms with Crippen molar-refractivity contribution in [2.24, 2.45) is 0 Å². The molecule has 14 nitrogen and oxygen atoms in total. The van der Waals surface area contributed by atoms with E-state index in [9.17, 15) is 33.9 Å². The molecular formula is C35H31N3O11. The van der Waals surface area contributed by atoms with Gasteiger partial charge in [-0.25, -0.2) is 14.4 Å². The monoisotopic (exact) mass is 669 g/mol. The molecule has 0 aliphatic heterocycles. The third kappa shape index (κ3) is 9.42. The predicted molar refractivity (Wildman–Crippen MR) is 173 cm³/mol. The van der Waals surface area contributed by atoms with Gasteiger partial charge in [-0.05, 0) is 79.7 Å². The molecular weight excluding hydrogens is 638 g/mol. The van der Waals surface area contributed by atoms with Crippen molar-refractivity contribution in [1.82, 2.24) is 10.9 Å². The lowest BCUT2D eigenvalue weighted by molar-refractivity contribution is -0.159. The van der Waals surface area contributed by atoms with Crippen LogP contribution in [0.1, 0.15) is 47.0 Å². The molecule has 0 saturated carbocycles. The molecule has 0 aliphatic rings. The molecule has 252 valence electrons. The number of aliphatic carboxylic acids is 1. The second-order valence-electron chi connectivity index (χ2n) is 10.3. The van der Waals surface area contributed by atoms with Gasteiger partial charge in [0.1, 0.15) is 11.5 Å². The Balaban J connectivity index is 1.50. The first-order valence-electron chi connectivity index (χ1n) is 14.5. The van der Waals surface area contributed by atoms with Gasteiger partial charge in [0.05, 0.1) is 25.3 Å². The highest BCUT2D eigenvalue weighted by Crippen LogP contribution is 2.19. The number of carbonyl (C=O) groups excluding carboxylic acids is 5. The number of benzene rings is 4. The van der Waals surface area contributed by atoms with Crippen LogP contribution in [0.2, 0.25) is 0 Å². The molecule has 4 aromatic carbocycles. The summed E-state index contributed by atoms with van der Waals surface area (Å²) in [5.41, 5.74) is 5.68. The molecule has 0 aliphatic carbocycles. The van der Waals surface area contributed by atoms with E-state index in [4.69, 9.17) is 18.9 Å². The molecule has 4 rings (SSSR count). The van der Waals surface area contributed by atoms with Gasteiger partial charge in [-0.15, -0.1) is 0 Å². The first-order valence-corrected chi connectivity index (χ1v) is 14.5. The summed E-state index contributed by atoms with van der Waals surface area (Å²) in [6, 6.07) is 23.8. The molecule has 14 heteroatoms. The fourth-order valence-electron chi connectivity index (χ4n) is 4.32. The minimum absolute atomic E-state index is 0.0398. The van der Waals surface area contributed by atoms with Gasteiger partial charge in [0.2, 0.25) is 12.2 Å². The minimum Gasteiger partial charge on any atom is -0.497 e. The van der Waals surface area contributed by atoms with Crippen molar-refractivity contribution in [3.05, 3.63) is 125 Å². The Morgan fingerprint density at radius 3 is 1.65 bits per heavy atom. The molecule has 4 N–H and O–H groups in total. The molecule has 0 unspecified atom stereocenters. The fourth-order valence-corrected chi connectivity index (χ4v) is 4.32. The zero-order valence-electron chi connectivity index (χ0n) is 26.4. The topological polar surface area (TPSA) is 196 Å². The summed E-state index contributed by atoms with van der Waals surface area (Å²) < 4.78 is 20.6. The predicted octanol–water partition coefficient (Wildman–Crippen LogP) is 3.56. The lowest BCUT2D eigenvalue weighted by atomic mass is 10.1. The number of hydrogen-bond acceptors (Lipinski definition) is 10. The van der Waals surface area contributed by atoms with E-state index in [1.165, 1.54) is 87.0 Å². The molecule has 0 saturated heterocycles. The van der Waals surface area contributed by atoms with Crippen molar-refractivity contribution in [2.75, 3.05) is 19.5 Å². The number of methoxy groups -OCH3 is 2. The first kappa shape index (κ1) is 35.2. The highest BCUT2D eigenvalue weighted by atomic mass is 16.6. The van der Waals surface area contributed by atoms with Crippen LogP contribution in [0, 0.1) is 6.92 Å². The van der Waals surface area contributed by atoms with Crippen molar-refractivity contribution in [3.63, 3.8) is 0 Å². The Labute approximate surface area is 279 Å². The molecule has 0 aromatic heterocycles. The summed E-state index contributed by atoms with van der Waals surface area (Å²) in [5, 5.41) is 12.7. The van der Waals surface area contributed by atoms with Crippen LogP contribution in [-0.4, -0.2) is 67.2 Å². The van der Waals surface area contributed by atoms with Crippen LogP contribution in [0.25, 0.3) is 0 Å². The van der Waals surface area contributed by atoms with E-state index in [2.05, 4.69) is 10.7 Å². The van der Waals surface area contributed by atoms with Crippen molar-refractivity contribution in [2.45, 2.75) is 19.1 Å². The molecule has 0 fully saturated rings. The summed E-state index contributed by atoms with van der Waals surface area (Å²) in [4.78, 5) is 77.0. The lowest BCUT2D eigenvalue weighted by Gasteiger charge is -2.23. The van der Waals surface area contributed by atoms with Crippen molar-refractivity contribution in [3.8, 4) is 11.5 Å². The Bertz CT molecular complexity index is 1870. The summed E-state index contributed by atoms with van der Waals surface area (Å²) in [6.07, 6.45) is -4.65. The molecule has 0 bridgehead atoms. The Hall–Kier alpha value is -6.70. The number of carboxylic acid groups (broad SMARTS) is 1. The largest absolute Gasteiger partial charge is 0.497 e. The van der Waals surface area contributed by atoms with E-state index in [0.717, 1.165) is 5.56 Å². The third-order valence-corrected chi connectivity index (χ3v) is 6.84. The number of ether oxygens (including phenoxy) is 4. The SMILES string of the molecule is COc1cccc(C(=O)O[C@H](C(=O)O)[C@@H](OC(=O)c2cccc(OC)c2)C(=O)NNC(=O)c2ccc(NC(=O)c3cccc(C)c3)cc2)c1. The van der Waals surface area contributed by atoms with Gasteiger partial charge in [-0.2, -0.15) is 0 Å². The van der Waals surface area contributed by atoms with E-state index < -0.39 is 41.9 Å². The first-order chi connectivity index (χ1) is 23.5. The van der Waals surface area contributed by atoms with Crippen LogP contribution >= 0.6 is 0 Å². The smallest absolute Gasteiger partial charge is 0.349 e. The quantitative estimate of drug-likeness (QED) is 0.127. The Morgan fingerprint density at radius 2 is 1.12 bits per heavy atom. The van der Waals surface area contributed by atoms with Crippen LogP contribution in [-0.2, 0) is 19.1 Å². The molecule has 0 radical (unpaired) electrons. The van der Waals surface area contributed by atoms with E-state index in [-0.39, 0.29) is 34.1 Å². The van der Waals surface area contributed by atoms with Gasteiger partial charge in [0.15, 0.2) is 0 Å². The number of carboxylic acids is 1. The summed E-state index contributed by atoms with van der Waals surface area (Å²) in [6.45, 7) is 1.85. The second-order valence-corrected chi connectivity index (χ2v) is 10.3. The molecule has 49 heavy (non-hydrogen) atoms. The van der Waals surface area contributed by atoms with Crippen molar-refractivity contribution < 1.29 is 52.8 Å². The summed E-state index contributed by atoms with van der Waals surface area (Å²) >= 11 is 0. The fraction of sp³-hybridized carbons (Fsp3) is 0.143. The zero-order chi connectivity index (χ0) is 35.5.